The summed E-state index contributed by atoms with van der Waals surface area (Å²) >= 11 is 1.24. The van der Waals surface area contributed by atoms with E-state index in [1.807, 2.05) is 13.8 Å². The van der Waals surface area contributed by atoms with Crippen LogP contribution in [-0.2, 0) is 15.1 Å². The summed E-state index contributed by atoms with van der Waals surface area (Å²) in [6.45, 7) is 8.97. The Bertz CT molecular complexity index is 897. The Morgan fingerprint density at radius 3 is 2.58 bits per heavy atom. The number of thiophene rings is 1. The molecule has 0 aliphatic carbocycles. The van der Waals surface area contributed by atoms with Crippen LogP contribution in [0.3, 0.4) is 0 Å². The Morgan fingerprint density at radius 2 is 2.04 bits per heavy atom. The number of aromatic nitrogens is 2. The van der Waals surface area contributed by atoms with E-state index in [-0.39, 0.29) is 11.6 Å². The van der Waals surface area contributed by atoms with Gasteiger partial charge in [0.2, 0.25) is 0 Å². The van der Waals surface area contributed by atoms with Crippen LogP contribution in [0, 0.1) is 6.92 Å². The molecular formula is C17H22N4O4S. The molecular weight excluding hydrogens is 356 g/mol. The molecule has 3 rings (SSSR count). The van der Waals surface area contributed by atoms with Gasteiger partial charge in [-0.15, -0.1) is 11.3 Å². The molecule has 0 aromatic carbocycles. The van der Waals surface area contributed by atoms with Crippen LogP contribution >= 0.6 is 11.3 Å². The predicted molar refractivity (Wildman–Crippen MR) is 98.6 cm³/mol. The third-order valence-electron chi connectivity index (χ3n) is 4.56. The lowest BCUT2D eigenvalue weighted by molar-refractivity contribution is -0.171. The summed E-state index contributed by atoms with van der Waals surface area (Å²) in [7, 11) is 0. The molecule has 26 heavy (non-hydrogen) atoms. The molecule has 1 atom stereocenters. The number of aromatic amines is 1. The first kappa shape index (κ1) is 18.4. The van der Waals surface area contributed by atoms with Crippen molar-refractivity contribution in [3.8, 4) is 0 Å². The number of H-pyrrole nitrogens is 1. The molecule has 1 aliphatic rings. The van der Waals surface area contributed by atoms with Gasteiger partial charge in [0.05, 0.1) is 23.1 Å². The second kappa shape index (κ2) is 5.82. The topological polar surface area (TPSA) is 130 Å². The van der Waals surface area contributed by atoms with E-state index < -0.39 is 23.1 Å². The molecule has 0 fully saturated rings. The average Bonchev–Trinajstić information content (AvgIpc) is 3.03. The van der Waals surface area contributed by atoms with Gasteiger partial charge in [-0.1, -0.05) is 0 Å². The van der Waals surface area contributed by atoms with Crippen LogP contribution in [0.5, 0.6) is 0 Å². The third kappa shape index (κ3) is 2.77. The number of hydrogen-bond acceptors (Lipinski definition) is 6. The Labute approximate surface area is 154 Å². The number of carbonyl (C=O) groups is 2. The van der Waals surface area contributed by atoms with Crippen molar-refractivity contribution >= 4 is 33.9 Å². The Morgan fingerprint density at radius 1 is 1.38 bits per heavy atom. The summed E-state index contributed by atoms with van der Waals surface area (Å²) in [4.78, 5) is 25.1. The highest BCUT2D eigenvalue weighted by molar-refractivity contribution is 7.17. The third-order valence-corrected chi connectivity index (χ3v) is 6.00. The Balaban J connectivity index is 2.08. The largest absolute Gasteiger partial charge is 0.481 e. The van der Waals surface area contributed by atoms with Crippen LogP contribution in [0.2, 0.25) is 0 Å². The molecule has 0 saturated carbocycles. The van der Waals surface area contributed by atoms with Crippen molar-refractivity contribution in [3.05, 3.63) is 27.9 Å². The SMILES string of the molecule is Cc1cn[nH]c1C(=O)Nc1sc2c(c1N)C(C(=O)O)C(C)(C)OC2(C)C. The van der Waals surface area contributed by atoms with Gasteiger partial charge in [0.15, 0.2) is 0 Å². The van der Waals surface area contributed by atoms with Gasteiger partial charge in [-0.3, -0.25) is 14.7 Å². The molecule has 9 heteroatoms. The number of nitrogen functional groups attached to an aromatic ring is 1. The Kier molecular flexibility index (Phi) is 4.12. The molecule has 140 valence electrons. The van der Waals surface area contributed by atoms with Gasteiger partial charge in [0, 0.05) is 10.4 Å². The molecule has 3 heterocycles. The molecule has 2 aromatic rings. The number of aryl methyl sites for hydroxylation is 1. The standard InChI is InChI=1S/C17H22N4O4S/c1-7-6-19-21-11(7)13(22)20-14-10(18)8-9(15(23)24)16(2,3)25-17(4,5)12(8)26-14/h6,9H,18H2,1-5H3,(H,19,21)(H,20,22)(H,23,24). The zero-order valence-corrected chi connectivity index (χ0v) is 16.1. The van der Waals surface area contributed by atoms with E-state index in [1.54, 1.807) is 27.0 Å². The molecule has 1 amide bonds. The number of ether oxygens (including phenoxy) is 1. The average molecular weight is 378 g/mol. The summed E-state index contributed by atoms with van der Waals surface area (Å²) in [6, 6.07) is 0. The quantitative estimate of drug-likeness (QED) is 0.650. The van der Waals surface area contributed by atoms with Gasteiger partial charge >= 0.3 is 5.97 Å². The van der Waals surface area contributed by atoms with E-state index in [2.05, 4.69) is 15.5 Å². The minimum absolute atomic E-state index is 0.271. The number of carbonyl (C=O) groups excluding carboxylic acids is 1. The molecule has 2 aromatic heterocycles. The van der Waals surface area contributed by atoms with Gasteiger partial charge in [-0.25, -0.2) is 0 Å². The van der Waals surface area contributed by atoms with Crippen LogP contribution in [0.15, 0.2) is 6.20 Å². The van der Waals surface area contributed by atoms with Gasteiger partial charge in [-0.2, -0.15) is 5.10 Å². The van der Waals surface area contributed by atoms with Gasteiger partial charge in [0.1, 0.15) is 16.6 Å². The number of nitrogens with one attached hydrogen (secondary N) is 2. The number of anilines is 2. The highest BCUT2D eigenvalue weighted by Gasteiger charge is 2.51. The summed E-state index contributed by atoms with van der Waals surface area (Å²) in [5, 5.41) is 19.4. The minimum Gasteiger partial charge on any atom is -0.481 e. The number of nitrogens with two attached hydrogens (primary N) is 1. The number of aliphatic carboxylic acids is 1. The molecule has 0 saturated heterocycles. The van der Waals surface area contributed by atoms with E-state index >= 15 is 0 Å². The molecule has 0 bridgehead atoms. The predicted octanol–water partition coefficient (Wildman–Crippen LogP) is 2.83. The first-order valence-corrected chi connectivity index (χ1v) is 8.94. The number of fused-ring (bicyclic) bond motifs is 1. The first-order chi connectivity index (χ1) is 12.0. The number of hydrogen-bond donors (Lipinski definition) is 4. The monoisotopic (exact) mass is 378 g/mol. The second-order valence-electron chi connectivity index (χ2n) is 7.46. The van der Waals surface area contributed by atoms with Crippen LogP contribution in [-0.4, -0.2) is 32.8 Å². The summed E-state index contributed by atoms with van der Waals surface area (Å²) in [6.07, 6.45) is 1.55. The Hall–Kier alpha value is -2.39. The van der Waals surface area contributed by atoms with Gasteiger partial charge in [0.25, 0.3) is 5.91 Å². The second-order valence-corrected chi connectivity index (χ2v) is 8.48. The highest BCUT2D eigenvalue weighted by atomic mass is 32.1. The first-order valence-electron chi connectivity index (χ1n) is 8.12. The normalized spacial score (nSPS) is 20.4. The summed E-state index contributed by atoms with van der Waals surface area (Å²) < 4.78 is 6.07. The van der Waals surface area contributed by atoms with E-state index in [1.165, 1.54) is 11.3 Å². The van der Waals surface area contributed by atoms with Crippen molar-refractivity contribution in [2.24, 2.45) is 0 Å². The van der Waals surface area contributed by atoms with Crippen molar-refractivity contribution in [1.29, 1.82) is 0 Å². The maximum atomic E-state index is 12.5. The summed E-state index contributed by atoms with van der Waals surface area (Å²) in [5.41, 5.74) is 6.44. The van der Waals surface area contributed by atoms with Crippen LogP contribution in [0.1, 0.15) is 60.1 Å². The number of carboxylic acids is 1. The van der Waals surface area contributed by atoms with Crippen molar-refractivity contribution < 1.29 is 19.4 Å². The fourth-order valence-electron chi connectivity index (χ4n) is 3.56. The van der Waals surface area contributed by atoms with Crippen LogP contribution in [0.25, 0.3) is 0 Å². The van der Waals surface area contributed by atoms with E-state index in [0.717, 1.165) is 0 Å². The molecule has 1 unspecified atom stereocenters. The number of amides is 1. The number of carboxylic acid groups (broad SMARTS) is 1. The van der Waals surface area contributed by atoms with E-state index in [0.29, 0.717) is 26.7 Å². The van der Waals surface area contributed by atoms with Crippen LogP contribution in [0.4, 0.5) is 10.7 Å². The van der Waals surface area contributed by atoms with Crippen molar-refractivity contribution in [2.75, 3.05) is 11.1 Å². The number of nitrogens with zero attached hydrogens (tertiary/aromatic N) is 1. The highest BCUT2D eigenvalue weighted by Crippen LogP contribution is 2.54. The maximum Gasteiger partial charge on any atom is 0.314 e. The molecule has 0 radical (unpaired) electrons. The van der Waals surface area contributed by atoms with Crippen molar-refractivity contribution in [3.63, 3.8) is 0 Å². The van der Waals surface area contributed by atoms with E-state index in [4.69, 9.17) is 10.5 Å². The van der Waals surface area contributed by atoms with Crippen molar-refractivity contribution in [2.45, 2.75) is 51.7 Å². The van der Waals surface area contributed by atoms with Crippen molar-refractivity contribution in [1.82, 2.24) is 10.2 Å². The number of rotatable bonds is 3. The molecule has 5 N–H and O–H groups in total. The maximum absolute atomic E-state index is 12.5. The minimum atomic E-state index is -1.02. The lowest BCUT2D eigenvalue weighted by atomic mass is 9.78. The molecule has 1 aliphatic heterocycles. The smallest absolute Gasteiger partial charge is 0.314 e. The van der Waals surface area contributed by atoms with Crippen LogP contribution < -0.4 is 11.1 Å². The molecule has 0 spiro atoms. The molecule has 8 nitrogen and oxygen atoms in total. The fourth-order valence-corrected chi connectivity index (χ4v) is 4.75. The van der Waals surface area contributed by atoms with Gasteiger partial charge < -0.3 is 20.9 Å². The van der Waals surface area contributed by atoms with E-state index in [9.17, 15) is 14.7 Å². The lowest BCUT2D eigenvalue weighted by Crippen LogP contribution is -2.47. The zero-order valence-electron chi connectivity index (χ0n) is 15.3. The zero-order chi connectivity index (χ0) is 19.4. The van der Waals surface area contributed by atoms with Gasteiger partial charge in [-0.05, 0) is 40.2 Å². The lowest BCUT2D eigenvalue weighted by Gasteiger charge is -2.44. The fraction of sp³-hybridized carbons (Fsp3) is 0.471. The summed E-state index contributed by atoms with van der Waals surface area (Å²) in [5.74, 6) is -2.32.